The molecule has 2 rings (SSSR count). The van der Waals surface area contributed by atoms with E-state index in [1.807, 2.05) is 12.1 Å². The van der Waals surface area contributed by atoms with Crippen molar-refractivity contribution in [3.63, 3.8) is 0 Å². The lowest BCUT2D eigenvalue weighted by atomic mass is 10.2. The third-order valence-electron chi connectivity index (χ3n) is 2.28. The van der Waals surface area contributed by atoms with Crippen LogP contribution in [-0.4, -0.2) is 18.1 Å². The molecular weight excluding hydrogens is 242 g/mol. The van der Waals surface area contributed by atoms with Gasteiger partial charge < -0.3 is 9.15 Å². The summed E-state index contributed by atoms with van der Waals surface area (Å²) < 4.78 is 10.0. The van der Waals surface area contributed by atoms with Crippen LogP contribution in [0, 0.1) is 6.92 Å². The predicted molar refractivity (Wildman–Crippen MR) is 63.0 cm³/mol. The molecule has 88 valence electrons. The molecule has 0 saturated heterocycles. The molecule has 0 unspecified atom stereocenters. The third kappa shape index (κ3) is 2.17. The summed E-state index contributed by atoms with van der Waals surface area (Å²) in [6.07, 6.45) is 0. The SMILES string of the molecule is COC(=O)c1nc(-c2ccccc2Cl)oc1C. The quantitative estimate of drug-likeness (QED) is 0.770. The van der Waals surface area contributed by atoms with Gasteiger partial charge in [0.1, 0.15) is 5.76 Å². The number of hydrogen-bond donors (Lipinski definition) is 0. The smallest absolute Gasteiger partial charge is 0.360 e. The van der Waals surface area contributed by atoms with Crippen molar-refractivity contribution in [2.45, 2.75) is 6.92 Å². The van der Waals surface area contributed by atoms with Crippen LogP contribution in [-0.2, 0) is 4.74 Å². The molecule has 1 heterocycles. The predicted octanol–water partition coefficient (Wildman–Crippen LogP) is 3.09. The number of oxazole rings is 1. The second kappa shape index (κ2) is 4.59. The summed E-state index contributed by atoms with van der Waals surface area (Å²) in [5.74, 6) is 0.199. The fourth-order valence-electron chi connectivity index (χ4n) is 1.43. The maximum absolute atomic E-state index is 11.4. The first-order chi connectivity index (χ1) is 8.13. The maximum Gasteiger partial charge on any atom is 0.360 e. The number of carbonyl (C=O) groups is 1. The van der Waals surface area contributed by atoms with Crippen LogP contribution in [0.15, 0.2) is 28.7 Å². The van der Waals surface area contributed by atoms with Gasteiger partial charge in [-0.25, -0.2) is 9.78 Å². The summed E-state index contributed by atoms with van der Waals surface area (Å²) in [4.78, 5) is 15.5. The number of aryl methyl sites for hydroxylation is 1. The average molecular weight is 252 g/mol. The standard InChI is InChI=1S/C12H10ClNO3/c1-7-10(12(15)16-2)14-11(17-7)8-5-3-4-6-9(8)13/h3-6H,1-2H3. The number of carbonyl (C=O) groups excluding carboxylic acids is 1. The molecule has 5 heteroatoms. The van der Waals surface area contributed by atoms with Gasteiger partial charge in [-0.15, -0.1) is 0 Å². The third-order valence-corrected chi connectivity index (χ3v) is 2.61. The molecule has 0 radical (unpaired) electrons. The summed E-state index contributed by atoms with van der Waals surface area (Å²) in [5.41, 5.74) is 0.815. The monoisotopic (exact) mass is 251 g/mol. The number of ether oxygens (including phenoxy) is 1. The number of aromatic nitrogens is 1. The Morgan fingerprint density at radius 2 is 2.12 bits per heavy atom. The van der Waals surface area contributed by atoms with Crippen molar-refractivity contribution in [3.8, 4) is 11.5 Å². The molecule has 0 aliphatic rings. The molecule has 0 amide bonds. The van der Waals surface area contributed by atoms with E-state index in [1.54, 1.807) is 19.1 Å². The lowest BCUT2D eigenvalue weighted by Gasteiger charge is -1.97. The van der Waals surface area contributed by atoms with Crippen LogP contribution in [0.1, 0.15) is 16.2 Å². The van der Waals surface area contributed by atoms with Crippen LogP contribution in [0.4, 0.5) is 0 Å². The highest BCUT2D eigenvalue weighted by Crippen LogP contribution is 2.28. The first-order valence-corrected chi connectivity index (χ1v) is 5.32. The number of hydrogen-bond acceptors (Lipinski definition) is 4. The van der Waals surface area contributed by atoms with Gasteiger partial charge in [-0.2, -0.15) is 0 Å². The molecule has 1 aromatic heterocycles. The minimum Gasteiger partial charge on any atom is -0.464 e. The van der Waals surface area contributed by atoms with E-state index in [1.165, 1.54) is 7.11 Å². The molecule has 4 nitrogen and oxygen atoms in total. The Balaban J connectivity index is 2.49. The second-order valence-electron chi connectivity index (χ2n) is 3.40. The number of methoxy groups -OCH3 is 1. The van der Waals surface area contributed by atoms with Crippen molar-refractivity contribution in [1.82, 2.24) is 4.98 Å². The van der Waals surface area contributed by atoms with Gasteiger partial charge in [0.2, 0.25) is 5.89 Å². The van der Waals surface area contributed by atoms with Crippen molar-refractivity contribution >= 4 is 17.6 Å². The molecule has 0 spiro atoms. The van der Waals surface area contributed by atoms with Crippen LogP contribution in [0.3, 0.4) is 0 Å². The van der Waals surface area contributed by atoms with E-state index in [4.69, 9.17) is 16.0 Å². The molecule has 2 aromatic rings. The van der Waals surface area contributed by atoms with E-state index in [9.17, 15) is 4.79 Å². The van der Waals surface area contributed by atoms with Gasteiger partial charge >= 0.3 is 5.97 Å². The minimum absolute atomic E-state index is 0.169. The second-order valence-corrected chi connectivity index (χ2v) is 3.80. The van der Waals surface area contributed by atoms with E-state index < -0.39 is 5.97 Å². The van der Waals surface area contributed by atoms with E-state index in [2.05, 4.69) is 9.72 Å². The average Bonchev–Trinajstić information content (AvgIpc) is 2.71. The van der Waals surface area contributed by atoms with Crippen LogP contribution in [0.2, 0.25) is 5.02 Å². The van der Waals surface area contributed by atoms with E-state index >= 15 is 0 Å². The van der Waals surface area contributed by atoms with Crippen LogP contribution < -0.4 is 0 Å². The molecule has 0 bridgehead atoms. The highest BCUT2D eigenvalue weighted by Gasteiger charge is 2.19. The fourth-order valence-corrected chi connectivity index (χ4v) is 1.65. The Bertz CT molecular complexity index is 563. The Kier molecular flexibility index (Phi) is 3.15. The Morgan fingerprint density at radius 3 is 2.76 bits per heavy atom. The Morgan fingerprint density at radius 1 is 1.41 bits per heavy atom. The molecule has 1 aromatic carbocycles. The first kappa shape index (κ1) is 11.7. The minimum atomic E-state index is -0.524. The van der Waals surface area contributed by atoms with Crippen LogP contribution in [0.25, 0.3) is 11.5 Å². The van der Waals surface area contributed by atoms with Gasteiger partial charge in [-0.1, -0.05) is 23.7 Å². The van der Waals surface area contributed by atoms with Gasteiger partial charge in [-0.3, -0.25) is 0 Å². The van der Waals surface area contributed by atoms with E-state index in [-0.39, 0.29) is 5.69 Å². The van der Waals surface area contributed by atoms with Gasteiger partial charge in [-0.05, 0) is 19.1 Å². The number of nitrogens with zero attached hydrogens (tertiary/aromatic N) is 1. The summed E-state index contributed by atoms with van der Waals surface area (Å²) >= 11 is 6.02. The summed E-state index contributed by atoms with van der Waals surface area (Å²) in [7, 11) is 1.30. The highest BCUT2D eigenvalue weighted by molar-refractivity contribution is 6.33. The number of benzene rings is 1. The van der Waals surface area contributed by atoms with E-state index in [0.29, 0.717) is 22.2 Å². The highest BCUT2D eigenvalue weighted by atomic mass is 35.5. The normalized spacial score (nSPS) is 10.3. The zero-order valence-corrected chi connectivity index (χ0v) is 10.1. The maximum atomic E-state index is 11.4. The fraction of sp³-hybridized carbons (Fsp3) is 0.167. The number of halogens is 1. The lowest BCUT2D eigenvalue weighted by molar-refractivity contribution is 0.0593. The molecular formula is C12H10ClNO3. The largest absolute Gasteiger partial charge is 0.464 e. The zero-order valence-electron chi connectivity index (χ0n) is 9.36. The first-order valence-electron chi connectivity index (χ1n) is 4.94. The topological polar surface area (TPSA) is 52.3 Å². The number of rotatable bonds is 2. The van der Waals surface area contributed by atoms with Crippen molar-refractivity contribution < 1.29 is 13.9 Å². The molecule has 0 aliphatic carbocycles. The van der Waals surface area contributed by atoms with Gasteiger partial charge in [0.05, 0.1) is 17.7 Å². The van der Waals surface area contributed by atoms with Crippen LogP contribution in [0.5, 0.6) is 0 Å². The summed E-state index contributed by atoms with van der Waals surface area (Å²) in [6, 6.07) is 7.13. The van der Waals surface area contributed by atoms with Gasteiger partial charge in [0, 0.05) is 0 Å². The molecule has 0 fully saturated rings. The molecule has 0 N–H and O–H groups in total. The van der Waals surface area contributed by atoms with Crippen molar-refractivity contribution in [2.24, 2.45) is 0 Å². The van der Waals surface area contributed by atoms with Crippen molar-refractivity contribution in [2.75, 3.05) is 7.11 Å². The zero-order chi connectivity index (χ0) is 12.4. The van der Waals surface area contributed by atoms with Gasteiger partial charge in [0.25, 0.3) is 0 Å². The van der Waals surface area contributed by atoms with E-state index in [0.717, 1.165) is 0 Å². The van der Waals surface area contributed by atoms with Crippen molar-refractivity contribution in [3.05, 3.63) is 40.7 Å². The summed E-state index contributed by atoms with van der Waals surface area (Å²) in [6.45, 7) is 1.65. The van der Waals surface area contributed by atoms with Gasteiger partial charge in [0.15, 0.2) is 5.69 Å². The summed E-state index contributed by atoms with van der Waals surface area (Å²) in [5, 5.41) is 0.519. The van der Waals surface area contributed by atoms with Crippen LogP contribution >= 0.6 is 11.6 Å². The lowest BCUT2D eigenvalue weighted by Crippen LogP contribution is -2.03. The van der Waals surface area contributed by atoms with Crippen molar-refractivity contribution in [1.29, 1.82) is 0 Å². The Labute approximate surface area is 103 Å². The Hall–Kier alpha value is -1.81. The number of esters is 1. The molecule has 0 aliphatic heterocycles. The molecule has 0 saturated carbocycles. The molecule has 17 heavy (non-hydrogen) atoms. The molecule has 0 atom stereocenters.